The lowest BCUT2D eigenvalue weighted by atomic mass is 10.1. The fourth-order valence-corrected chi connectivity index (χ4v) is 3.95. The van der Waals surface area contributed by atoms with Crippen molar-refractivity contribution in [3.8, 4) is 0 Å². The highest BCUT2D eigenvalue weighted by atomic mass is 19.4. The predicted molar refractivity (Wildman–Crippen MR) is 121 cm³/mol. The summed E-state index contributed by atoms with van der Waals surface area (Å²) in [6, 6.07) is 10.5. The van der Waals surface area contributed by atoms with Crippen LogP contribution in [0.1, 0.15) is 27.3 Å². The van der Waals surface area contributed by atoms with Crippen LogP contribution in [0.15, 0.2) is 60.9 Å². The Morgan fingerprint density at radius 2 is 1.83 bits per heavy atom. The molecule has 0 N–H and O–H groups in total. The molecule has 0 saturated carbocycles. The van der Waals surface area contributed by atoms with Crippen molar-refractivity contribution in [1.29, 1.82) is 0 Å². The normalized spacial score (nSPS) is 14.7. The van der Waals surface area contributed by atoms with Crippen LogP contribution in [0.4, 0.5) is 17.6 Å². The van der Waals surface area contributed by atoms with Crippen LogP contribution < -0.4 is 0 Å². The Labute approximate surface area is 200 Å². The van der Waals surface area contributed by atoms with Gasteiger partial charge in [0.05, 0.1) is 25.3 Å². The van der Waals surface area contributed by atoms with Crippen molar-refractivity contribution in [3.05, 3.63) is 89.3 Å². The lowest BCUT2D eigenvalue weighted by Gasteiger charge is -2.30. The summed E-state index contributed by atoms with van der Waals surface area (Å²) in [7, 11) is 0. The number of benzene rings is 2. The highest BCUT2D eigenvalue weighted by Gasteiger charge is 2.30. The number of rotatable bonds is 8. The molecule has 0 spiro atoms. The number of hydrogen-bond acceptors (Lipinski definition) is 4. The van der Waals surface area contributed by atoms with Gasteiger partial charge < -0.3 is 14.2 Å². The zero-order valence-electron chi connectivity index (χ0n) is 19.0. The van der Waals surface area contributed by atoms with Crippen LogP contribution in [-0.4, -0.2) is 64.7 Å². The van der Waals surface area contributed by atoms with E-state index in [1.54, 1.807) is 27.9 Å². The van der Waals surface area contributed by atoms with E-state index in [2.05, 4.69) is 9.88 Å². The molecule has 1 aliphatic heterocycles. The van der Waals surface area contributed by atoms with Crippen molar-refractivity contribution >= 4 is 5.91 Å². The Morgan fingerprint density at radius 1 is 1.09 bits per heavy atom. The Hall–Kier alpha value is -3.24. The molecule has 1 aliphatic rings. The summed E-state index contributed by atoms with van der Waals surface area (Å²) >= 11 is 0. The van der Waals surface area contributed by atoms with Crippen LogP contribution in [0.2, 0.25) is 0 Å². The number of aromatic nitrogens is 2. The molecule has 0 aliphatic carbocycles. The quantitative estimate of drug-likeness (QED) is 0.447. The van der Waals surface area contributed by atoms with Crippen molar-refractivity contribution in [1.82, 2.24) is 19.4 Å². The van der Waals surface area contributed by atoms with Crippen LogP contribution in [0.25, 0.3) is 0 Å². The average Bonchev–Trinajstić information content (AvgIpc) is 3.28. The predicted octanol–water partition coefficient (Wildman–Crippen LogP) is 4.06. The maximum atomic E-state index is 13.8. The highest BCUT2D eigenvalue weighted by Crippen LogP contribution is 2.29. The number of carbonyl (C=O) groups excluding carboxylic acids is 1. The standard InChI is InChI=1S/C25H26F4N4O2/c26-22-3-1-2-20(16-22)24(34)33(11-10-31-12-14-35-15-13-31)18-23-30-8-9-32(23)17-19-4-6-21(7-5-19)25(27,28)29/h1-9,16H,10-15,17-18H2. The average molecular weight is 491 g/mol. The molecule has 3 aromatic rings. The summed E-state index contributed by atoms with van der Waals surface area (Å²) in [5, 5.41) is 0. The summed E-state index contributed by atoms with van der Waals surface area (Å²) < 4.78 is 59.5. The van der Waals surface area contributed by atoms with Crippen molar-refractivity contribution in [2.45, 2.75) is 19.3 Å². The number of nitrogens with zero attached hydrogens (tertiary/aromatic N) is 4. The second-order valence-electron chi connectivity index (χ2n) is 8.36. The summed E-state index contributed by atoms with van der Waals surface area (Å²) in [6.45, 7) is 4.32. The van der Waals surface area contributed by atoms with E-state index in [4.69, 9.17) is 4.74 Å². The van der Waals surface area contributed by atoms with Gasteiger partial charge in [-0.15, -0.1) is 0 Å². The minimum atomic E-state index is -4.39. The van der Waals surface area contributed by atoms with Crippen molar-refractivity contribution < 1.29 is 27.1 Å². The van der Waals surface area contributed by atoms with E-state index in [0.29, 0.717) is 44.2 Å². The highest BCUT2D eigenvalue weighted by molar-refractivity contribution is 5.94. The second-order valence-corrected chi connectivity index (χ2v) is 8.36. The van der Waals surface area contributed by atoms with Crippen LogP contribution in [0.3, 0.4) is 0 Å². The molecule has 0 atom stereocenters. The minimum absolute atomic E-state index is 0.174. The van der Waals surface area contributed by atoms with Gasteiger partial charge in [-0.1, -0.05) is 18.2 Å². The molecule has 2 heterocycles. The molecule has 1 fully saturated rings. The minimum Gasteiger partial charge on any atom is -0.379 e. The molecule has 6 nitrogen and oxygen atoms in total. The first-order valence-corrected chi connectivity index (χ1v) is 11.3. The Morgan fingerprint density at radius 3 is 2.51 bits per heavy atom. The van der Waals surface area contributed by atoms with Crippen LogP contribution in [0, 0.1) is 5.82 Å². The summed E-state index contributed by atoms with van der Waals surface area (Å²) in [6.07, 6.45) is -1.08. The largest absolute Gasteiger partial charge is 0.416 e. The van der Waals surface area contributed by atoms with E-state index < -0.39 is 17.6 Å². The van der Waals surface area contributed by atoms with Gasteiger partial charge >= 0.3 is 6.18 Å². The van der Waals surface area contributed by atoms with E-state index in [9.17, 15) is 22.4 Å². The number of amides is 1. The van der Waals surface area contributed by atoms with Gasteiger partial charge in [-0.2, -0.15) is 13.2 Å². The SMILES string of the molecule is O=C(c1cccc(F)c1)N(CCN1CCOCC1)Cc1nccn1Cc1ccc(C(F)(F)F)cc1. The first-order valence-electron chi connectivity index (χ1n) is 11.3. The third kappa shape index (κ3) is 6.67. The van der Waals surface area contributed by atoms with Crippen LogP contribution in [0.5, 0.6) is 0 Å². The number of carbonyl (C=O) groups is 1. The van der Waals surface area contributed by atoms with E-state index in [1.165, 1.54) is 30.3 Å². The van der Waals surface area contributed by atoms with Crippen molar-refractivity contribution in [2.24, 2.45) is 0 Å². The third-order valence-electron chi connectivity index (χ3n) is 5.92. The molecule has 0 radical (unpaired) electrons. The molecule has 2 aromatic carbocycles. The first-order chi connectivity index (χ1) is 16.8. The molecule has 4 rings (SSSR count). The van der Waals surface area contributed by atoms with Crippen LogP contribution in [-0.2, 0) is 24.0 Å². The number of imidazole rings is 1. The molecule has 1 aromatic heterocycles. The van der Waals surface area contributed by atoms with E-state index >= 15 is 0 Å². The Balaban J connectivity index is 1.50. The van der Waals surface area contributed by atoms with E-state index in [1.807, 2.05) is 0 Å². The number of ether oxygens (including phenoxy) is 1. The zero-order chi connectivity index (χ0) is 24.8. The van der Waals surface area contributed by atoms with Gasteiger partial charge in [-0.25, -0.2) is 9.37 Å². The van der Waals surface area contributed by atoms with Crippen molar-refractivity contribution in [2.75, 3.05) is 39.4 Å². The molecule has 1 saturated heterocycles. The number of morpholine rings is 1. The number of hydrogen-bond donors (Lipinski definition) is 0. The van der Waals surface area contributed by atoms with Crippen molar-refractivity contribution in [3.63, 3.8) is 0 Å². The molecule has 35 heavy (non-hydrogen) atoms. The smallest absolute Gasteiger partial charge is 0.379 e. The fourth-order valence-electron chi connectivity index (χ4n) is 3.95. The summed E-state index contributed by atoms with van der Waals surface area (Å²) in [4.78, 5) is 21.5. The number of alkyl halides is 3. The maximum Gasteiger partial charge on any atom is 0.416 e. The zero-order valence-corrected chi connectivity index (χ0v) is 19.0. The van der Waals surface area contributed by atoms with Gasteiger partial charge in [0.25, 0.3) is 5.91 Å². The fraction of sp³-hybridized carbons (Fsp3) is 0.360. The second kappa shape index (κ2) is 11.0. The molecular weight excluding hydrogens is 464 g/mol. The Kier molecular flexibility index (Phi) is 7.82. The summed E-state index contributed by atoms with van der Waals surface area (Å²) in [5.74, 6) is -0.230. The lowest BCUT2D eigenvalue weighted by molar-refractivity contribution is -0.137. The summed E-state index contributed by atoms with van der Waals surface area (Å²) in [5.41, 5.74) is 0.212. The Bertz CT molecular complexity index is 1120. The van der Waals surface area contributed by atoms with E-state index in [0.717, 1.165) is 25.2 Å². The molecule has 186 valence electrons. The molecule has 10 heteroatoms. The third-order valence-corrected chi connectivity index (χ3v) is 5.92. The van der Waals surface area contributed by atoms with Gasteiger partial charge in [0.1, 0.15) is 11.6 Å². The van der Waals surface area contributed by atoms with Crippen LogP contribution >= 0.6 is 0 Å². The molecule has 0 unspecified atom stereocenters. The van der Waals surface area contributed by atoms with Gasteiger partial charge in [0, 0.05) is 50.7 Å². The molecule has 1 amide bonds. The lowest BCUT2D eigenvalue weighted by Crippen LogP contribution is -2.43. The first kappa shape index (κ1) is 24.9. The maximum absolute atomic E-state index is 13.8. The van der Waals surface area contributed by atoms with Gasteiger partial charge in [-0.3, -0.25) is 9.69 Å². The number of halogens is 4. The van der Waals surface area contributed by atoms with Gasteiger partial charge in [0.2, 0.25) is 0 Å². The van der Waals surface area contributed by atoms with Gasteiger partial charge in [-0.05, 0) is 35.9 Å². The molecule has 0 bridgehead atoms. The van der Waals surface area contributed by atoms with Gasteiger partial charge in [0.15, 0.2) is 0 Å². The topological polar surface area (TPSA) is 50.6 Å². The van der Waals surface area contributed by atoms with E-state index in [-0.39, 0.29) is 18.0 Å². The molecular formula is C25H26F4N4O2. The monoisotopic (exact) mass is 490 g/mol.